The van der Waals surface area contributed by atoms with E-state index in [-0.39, 0.29) is 0 Å². The van der Waals surface area contributed by atoms with Crippen LogP contribution in [0.1, 0.15) is 23.1 Å². The van der Waals surface area contributed by atoms with Crippen molar-refractivity contribution in [3.05, 3.63) is 15.8 Å². The highest BCUT2D eigenvalue weighted by atomic mass is 32.2. The fraction of sp³-hybridized carbons (Fsp3) is 0.667. The van der Waals surface area contributed by atoms with Crippen molar-refractivity contribution in [2.75, 3.05) is 20.1 Å². The number of rotatable bonds is 4. The normalized spacial score (nSPS) is 21.6. The molecule has 0 aromatic carbocycles. The van der Waals surface area contributed by atoms with E-state index in [1.54, 1.807) is 15.6 Å². The van der Waals surface area contributed by atoms with Gasteiger partial charge in [-0.25, -0.2) is 8.42 Å². The third-order valence-corrected chi connectivity index (χ3v) is 6.45. The predicted molar refractivity (Wildman–Crippen MR) is 74.4 cm³/mol. The Morgan fingerprint density at radius 3 is 2.83 bits per heavy atom. The topological polar surface area (TPSA) is 49.4 Å². The van der Waals surface area contributed by atoms with E-state index in [0.29, 0.717) is 23.9 Å². The number of nitrogens with zero attached hydrogens (tertiary/aromatic N) is 1. The van der Waals surface area contributed by atoms with E-state index in [4.69, 9.17) is 0 Å². The second kappa shape index (κ2) is 5.28. The second-order valence-corrected chi connectivity index (χ2v) is 8.17. The Morgan fingerprint density at radius 1 is 1.56 bits per heavy atom. The highest BCUT2D eigenvalue weighted by Gasteiger charge is 2.32. The Balaban J connectivity index is 2.29. The Bertz CT molecular complexity index is 522. The summed E-state index contributed by atoms with van der Waals surface area (Å²) < 4.78 is 26.7. The molecule has 0 bridgehead atoms. The highest BCUT2D eigenvalue weighted by Crippen LogP contribution is 2.30. The maximum atomic E-state index is 12.5. The Kier molecular flexibility index (Phi) is 4.11. The first-order valence-electron chi connectivity index (χ1n) is 6.19. The Morgan fingerprint density at radius 2 is 2.28 bits per heavy atom. The minimum absolute atomic E-state index is 0.468. The van der Waals surface area contributed by atoms with E-state index in [2.05, 4.69) is 12.2 Å². The summed E-state index contributed by atoms with van der Waals surface area (Å²) >= 11 is 1.56. The van der Waals surface area contributed by atoms with Gasteiger partial charge in [-0.2, -0.15) is 4.31 Å². The summed E-state index contributed by atoms with van der Waals surface area (Å²) in [5.41, 5.74) is 0. The molecule has 1 aromatic rings. The monoisotopic (exact) mass is 288 g/mol. The first-order chi connectivity index (χ1) is 8.45. The Hall–Kier alpha value is -0.430. The average Bonchev–Trinajstić information content (AvgIpc) is 2.86. The van der Waals surface area contributed by atoms with Gasteiger partial charge in [0.2, 0.25) is 10.0 Å². The van der Waals surface area contributed by atoms with E-state index < -0.39 is 10.0 Å². The van der Waals surface area contributed by atoms with Gasteiger partial charge in [-0.15, -0.1) is 11.3 Å². The molecular weight excluding hydrogens is 268 g/mol. The lowest BCUT2D eigenvalue weighted by atomic mass is 10.2. The zero-order valence-electron chi connectivity index (χ0n) is 11.1. The van der Waals surface area contributed by atoms with Crippen LogP contribution in [0.25, 0.3) is 0 Å². The van der Waals surface area contributed by atoms with Crippen LogP contribution in [0, 0.1) is 12.8 Å². The smallest absolute Gasteiger partial charge is 0.244 e. The predicted octanol–water partition coefficient (Wildman–Crippen LogP) is 1.81. The zero-order chi connectivity index (χ0) is 13.3. The summed E-state index contributed by atoms with van der Waals surface area (Å²) in [5, 5.41) is 3.05. The molecule has 1 aliphatic rings. The second-order valence-electron chi connectivity index (χ2n) is 4.92. The van der Waals surface area contributed by atoms with E-state index in [9.17, 15) is 8.42 Å². The van der Waals surface area contributed by atoms with Crippen LogP contribution in [-0.4, -0.2) is 32.9 Å². The molecule has 102 valence electrons. The molecule has 1 aliphatic heterocycles. The number of sulfonamides is 1. The number of hydrogen-bond donors (Lipinski definition) is 1. The van der Waals surface area contributed by atoms with Gasteiger partial charge in [0.25, 0.3) is 0 Å². The minimum Gasteiger partial charge on any atom is -0.315 e. The van der Waals surface area contributed by atoms with Crippen LogP contribution in [0.5, 0.6) is 0 Å². The summed E-state index contributed by atoms with van der Waals surface area (Å²) in [4.78, 5) is 2.45. The van der Waals surface area contributed by atoms with Gasteiger partial charge in [0.1, 0.15) is 0 Å². The van der Waals surface area contributed by atoms with Crippen LogP contribution in [0.2, 0.25) is 0 Å². The van der Waals surface area contributed by atoms with Crippen molar-refractivity contribution in [1.82, 2.24) is 9.62 Å². The molecule has 1 aromatic heterocycles. The van der Waals surface area contributed by atoms with Gasteiger partial charge < -0.3 is 5.32 Å². The maximum Gasteiger partial charge on any atom is 0.244 e. The van der Waals surface area contributed by atoms with Crippen molar-refractivity contribution < 1.29 is 8.42 Å². The van der Waals surface area contributed by atoms with Gasteiger partial charge in [0, 0.05) is 29.4 Å². The molecule has 2 heterocycles. The van der Waals surface area contributed by atoms with Gasteiger partial charge in [-0.3, -0.25) is 0 Å². The third kappa shape index (κ3) is 2.61. The lowest BCUT2D eigenvalue weighted by Crippen LogP contribution is -2.28. The Labute approximate surface area is 113 Å². The van der Waals surface area contributed by atoms with Crippen LogP contribution >= 0.6 is 11.3 Å². The van der Waals surface area contributed by atoms with Gasteiger partial charge in [-0.1, -0.05) is 6.92 Å². The standard InChI is InChI=1S/C12H20N2O2S2/c1-9-4-5-14(8-9)18(15,16)12-6-11(7-13-3)17-10(12)2/h6,9,13H,4-5,7-8H2,1-3H3. The largest absolute Gasteiger partial charge is 0.315 e. The molecule has 0 aliphatic carbocycles. The van der Waals surface area contributed by atoms with Crippen LogP contribution < -0.4 is 5.32 Å². The molecule has 6 heteroatoms. The molecule has 1 saturated heterocycles. The summed E-state index contributed by atoms with van der Waals surface area (Å²) in [5.74, 6) is 0.468. The fourth-order valence-corrected chi connectivity index (χ4v) is 5.48. The molecule has 1 N–H and O–H groups in total. The van der Waals surface area contributed by atoms with E-state index in [0.717, 1.165) is 22.7 Å². The summed E-state index contributed by atoms with van der Waals surface area (Å²) in [6, 6.07) is 1.81. The van der Waals surface area contributed by atoms with Gasteiger partial charge in [0.05, 0.1) is 4.90 Å². The van der Waals surface area contributed by atoms with Crippen molar-refractivity contribution in [1.29, 1.82) is 0 Å². The van der Waals surface area contributed by atoms with Gasteiger partial charge >= 0.3 is 0 Å². The summed E-state index contributed by atoms with van der Waals surface area (Å²) in [7, 11) is -1.42. The molecule has 1 fully saturated rings. The highest BCUT2D eigenvalue weighted by molar-refractivity contribution is 7.89. The molecule has 2 rings (SSSR count). The number of aryl methyl sites for hydroxylation is 1. The van der Waals surface area contributed by atoms with Crippen molar-refractivity contribution in [2.24, 2.45) is 5.92 Å². The SMILES string of the molecule is CNCc1cc(S(=O)(=O)N2CCC(C)C2)c(C)s1. The lowest BCUT2D eigenvalue weighted by molar-refractivity contribution is 0.464. The summed E-state index contributed by atoms with van der Waals surface area (Å²) in [6.07, 6.45) is 0.964. The maximum absolute atomic E-state index is 12.5. The minimum atomic E-state index is -3.28. The molecule has 18 heavy (non-hydrogen) atoms. The van der Waals surface area contributed by atoms with Crippen molar-refractivity contribution in [2.45, 2.75) is 31.7 Å². The fourth-order valence-electron chi connectivity index (χ4n) is 2.29. The molecule has 1 atom stereocenters. The van der Waals surface area contributed by atoms with E-state index in [1.165, 1.54) is 0 Å². The van der Waals surface area contributed by atoms with Gasteiger partial charge in [0.15, 0.2) is 0 Å². The lowest BCUT2D eigenvalue weighted by Gasteiger charge is -2.15. The molecule has 0 saturated carbocycles. The molecular formula is C12H20N2O2S2. The molecule has 0 amide bonds. The van der Waals surface area contributed by atoms with E-state index in [1.807, 2.05) is 20.0 Å². The van der Waals surface area contributed by atoms with Crippen LogP contribution in [-0.2, 0) is 16.6 Å². The summed E-state index contributed by atoms with van der Waals surface area (Å²) in [6.45, 7) is 6.01. The van der Waals surface area contributed by atoms with Crippen LogP contribution in [0.3, 0.4) is 0 Å². The molecule has 0 radical (unpaired) electrons. The molecule has 4 nitrogen and oxygen atoms in total. The average molecular weight is 288 g/mol. The first-order valence-corrected chi connectivity index (χ1v) is 8.45. The molecule has 0 spiro atoms. The number of hydrogen-bond acceptors (Lipinski definition) is 4. The number of nitrogens with one attached hydrogen (secondary N) is 1. The van der Waals surface area contributed by atoms with Gasteiger partial charge in [-0.05, 0) is 32.4 Å². The van der Waals surface area contributed by atoms with Crippen molar-refractivity contribution >= 4 is 21.4 Å². The third-order valence-electron chi connectivity index (χ3n) is 3.28. The van der Waals surface area contributed by atoms with Crippen molar-refractivity contribution in [3.8, 4) is 0 Å². The van der Waals surface area contributed by atoms with Crippen LogP contribution in [0.15, 0.2) is 11.0 Å². The first kappa shape index (κ1) is 14.0. The van der Waals surface area contributed by atoms with Crippen molar-refractivity contribution in [3.63, 3.8) is 0 Å². The quantitative estimate of drug-likeness (QED) is 0.919. The molecule has 1 unspecified atom stereocenters. The number of thiophene rings is 1. The van der Waals surface area contributed by atoms with E-state index >= 15 is 0 Å². The zero-order valence-corrected chi connectivity index (χ0v) is 12.7. The van der Waals surface area contributed by atoms with Crippen LogP contribution in [0.4, 0.5) is 0 Å².